The molecule has 4 rings (SSSR count). The summed E-state index contributed by atoms with van der Waals surface area (Å²) in [4.78, 5) is 75.8. The first-order chi connectivity index (χ1) is 19.5. The van der Waals surface area contributed by atoms with Crippen LogP contribution in [0, 0.1) is 0 Å². The molecule has 0 aliphatic carbocycles. The van der Waals surface area contributed by atoms with E-state index in [0.717, 1.165) is 6.07 Å². The van der Waals surface area contributed by atoms with Crippen LogP contribution in [-0.2, 0) is 23.9 Å². The average Bonchev–Trinajstić information content (AvgIpc) is 3.21. The topological polar surface area (TPSA) is 148 Å². The summed E-state index contributed by atoms with van der Waals surface area (Å²) in [6.45, 7) is 0.0121. The predicted octanol–water partition coefficient (Wildman–Crippen LogP) is 3.96. The van der Waals surface area contributed by atoms with Crippen molar-refractivity contribution < 1.29 is 38.2 Å². The van der Waals surface area contributed by atoms with Crippen molar-refractivity contribution in [1.29, 1.82) is 0 Å². The summed E-state index contributed by atoms with van der Waals surface area (Å²) < 4.78 is 10.0. The second kappa shape index (κ2) is 12.6. The van der Waals surface area contributed by atoms with E-state index in [4.69, 9.17) is 32.7 Å². The highest BCUT2D eigenvalue weighted by molar-refractivity contribution is 6.31. The van der Waals surface area contributed by atoms with Crippen molar-refractivity contribution in [3.05, 3.63) is 93.5 Å². The molecule has 0 fully saturated rings. The number of hydrogen-bond donors (Lipinski definition) is 2. The number of hydrogen-bond acceptors (Lipinski definition) is 8. The lowest BCUT2D eigenvalue weighted by Gasteiger charge is -2.20. The van der Waals surface area contributed by atoms with Crippen LogP contribution in [0.5, 0.6) is 0 Å². The molecule has 0 radical (unpaired) electrons. The summed E-state index contributed by atoms with van der Waals surface area (Å²) >= 11 is 11.6. The van der Waals surface area contributed by atoms with E-state index < -0.39 is 54.8 Å². The molecule has 11 nitrogen and oxygen atoms in total. The Morgan fingerprint density at radius 3 is 1.76 bits per heavy atom. The van der Waals surface area contributed by atoms with E-state index in [1.807, 2.05) is 0 Å². The number of carbonyl (C=O) groups is 6. The fraction of sp³-hybridized carbons (Fsp3) is 0.143. The van der Waals surface area contributed by atoms with Gasteiger partial charge in [0.15, 0.2) is 13.2 Å². The van der Waals surface area contributed by atoms with Gasteiger partial charge in [0.05, 0.1) is 16.7 Å². The van der Waals surface area contributed by atoms with Crippen molar-refractivity contribution in [3.63, 3.8) is 0 Å². The molecule has 0 saturated carbocycles. The highest BCUT2D eigenvalue weighted by Crippen LogP contribution is 2.26. The van der Waals surface area contributed by atoms with Crippen LogP contribution in [0.1, 0.15) is 38.0 Å². The predicted molar refractivity (Wildman–Crippen MR) is 148 cm³/mol. The van der Waals surface area contributed by atoms with Gasteiger partial charge in [-0.1, -0.05) is 23.2 Å². The van der Waals surface area contributed by atoms with Crippen molar-refractivity contribution in [2.24, 2.45) is 0 Å². The Morgan fingerprint density at radius 2 is 1.22 bits per heavy atom. The third-order valence-electron chi connectivity index (χ3n) is 5.82. The summed E-state index contributed by atoms with van der Waals surface area (Å²) in [5, 5.41) is 6.02. The lowest BCUT2D eigenvalue weighted by molar-refractivity contribution is -0.150. The van der Waals surface area contributed by atoms with Gasteiger partial charge >= 0.3 is 11.9 Å². The molecule has 1 heterocycles. The highest BCUT2D eigenvalue weighted by atomic mass is 35.5. The molecule has 41 heavy (non-hydrogen) atoms. The Kier molecular flexibility index (Phi) is 9.00. The zero-order valence-corrected chi connectivity index (χ0v) is 22.8. The van der Waals surface area contributed by atoms with Crippen LogP contribution in [0.2, 0.25) is 10.0 Å². The number of benzene rings is 3. The third kappa shape index (κ3) is 7.07. The summed E-state index contributed by atoms with van der Waals surface area (Å²) in [6.07, 6.45) is 0. The quantitative estimate of drug-likeness (QED) is 0.278. The smallest absolute Gasteiger partial charge is 0.338 e. The molecule has 1 aliphatic rings. The number of rotatable bonds is 9. The van der Waals surface area contributed by atoms with Crippen molar-refractivity contribution >= 4 is 70.1 Å². The Bertz CT molecular complexity index is 1540. The third-order valence-corrected chi connectivity index (χ3v) is 6.32. The maximum Gasteiger partial charge on any atom is 0.338 e. The van der Waals surface area contributed by atoms with E-state index >= 15 is 0 Å². The molecule has 0 saturated heterocycles. The van der Waals surface area contributed by atoms with E-state index in [1.54, 1.807) is 48.5 Å². The van der Waals surface area contributed by atoms with Crippen LogP contribution in [0.25, 0.3) is 0 Å². The van der Waals surface area contributed by atoms with Crippen LogP contribution in [0.4, 0.5) is 11.4 Å². The van der Waals surface area contributed by atoms with Crippen LogP contribution >= 0.6 is 23.2 Å². The maximum atomic E-state index is 13.0. The fourth-order valence-corrected chi connectivity index (χ4v) is 4.03. The SMILES string of the molecule is C[C@H](C(=O)OCC(=O)Nc1ccc(Cl)cc1)N1C(=O)c2ccc(C(=O)OCC(=O)Nc3ccc(Cl)cc3)cc2C1=O. The van der Waals surface area contributed by atoms with Gasteiger partial charge < -0.3 is 20.1 Å². The number of ether oxygens (including phenoxy) is 2. The molecule has 13 heteroatoms. The minimum absolute atomic E-state index is 0.0350. The molecule has 3 aromatic rings. The Labute approximate surface area is 243 Å². The first-order valence-electron chi connectivity index (χ1n) is 12.0. The minimum atomic E-state index is -1.36. The van der Waals surface area contributed by atoms with Gasteiger partial charge in [-0.2, -0.15) is 0 Å². The van der Waals surface area contributed by atoms with Crippen molar-refractivity contribution in [3.8, 4) is 0 Å². The second-order valence-corrected chi connectivity index (χ2v) is 9.58. The molecular formula is C28H21Cl2N3O8. The van der Waals surface area contributed by atoms with Gasteiger partial charge in [0.25, 0.3) is 23.6 Å². The zero-order valence-electron chi connectivity index (χ0n) is 21.3. The van der Waals surface area contributed by atoms with Crippen molar-refractivity contribution in [2.75, 3.05) is 23.8 Å². The van der Waals surface area contributed by atoms with E-state index in [-0.39, 0.29) is 16.7 Å². The highest BCUT2D eigenvalue weighted by Gasteiger charge is 2.42. The average molecular weight is 598 g/mol. The number of carbonyl (C=O) groups excluding carboxylic acids is 6. The van der Waals surface area contributed by atoms with Gasteiger partial charge in [-0.15, -0.1) is 0 Å². The van der Waals surface area contributed by atoms with E-state index in [2.05, 4.69) is 10.6 Å². The molecule has 2 N–H and O–H groups in total. The molecule has 3 aromatic carbocycles. The summed E-state index contributed by atoms with van der Waals surface area (Å²) in [6, 6.07) is 14.8. The van der Waals surface area contributed by atoms with E-state index in [0.29, 0.717) is 26.3 Å². The second-order valence-electron chi connectivity index (χ2n) is 8.71. The number of amides is 4. The summed E-state index contributed by atoms with van der Waals surface area (Å²) in [5.41, 5.74) is 0.634. The normalized spacial score (nSPS) is 12.8. The number of nitrogens with zero attached hydrogens (tertiary/aromatic N) is 1. The largest absolute Gasteiger partial charge is 0.454 e. The van der Waals surface area contributed by atoms with Crippen LogP contribution in [-0.4, -0.2) is 59.7 Å². The van der Waals surface area contributed by atoms with Crippen molar-refractivity contribution in [2.45, 2.75) is 13.0 Å². The van der Waals surface area contributed by atoms with Gasteiger partial charge in [0.1, 0.15) is 6.04 Å². The summed E-state index contributed by atoms with van der Waals surface area (Å²) in [7, 11) is 0. The first kappa shape index (κ1) is 29.2. The monoisotopic (exact) mass is 597 g/mol. The molecular weight excluding hydrogens is 577 g/mol. The molecule has 1 atom stereocenters. The number of esters is 2. The number of anilines is 2. The molecule has 0 unspecified atom stereocenters. The first-order valence-corrected chi connectivity index (χ1v) is 12.8. The van der Waals surface area contributed by atoms with Gasteiger partial charge in [-0.3, -0.25) is 24.1 Å². The van der Waals surface area contributed by atoms with Gasteiger partial charge in [0, 0.05) is 21.4 Å². The molecule has 210 valence electrons. The number of imide groups is 1. The standard InChI is InChI=1S/C28H21Cl2N3O8/c1-15(27(38)40-13-23(34)31-19-7-3-17(29)4-8-19)33-25(36)21-11-2-16(12-22(21)26(33)37)28(39)41-14-24(35)32-20-9-5-18(30)6-10-20/h2-12,15H,13-14H2,1H3,(H,31,34)(H,32,35)/t15-/m1/s1. The van der Waals surface area contributed by atoms with Crippen LogP contribution in [0.3, 0.4) is 0 Å². The number of fused-ring (bicyclic) bond motifs is 1. The van der Waals surface area contributed by atoms with E-state index in [1.165, 1.54) is 19.1 Å². The summed E-state index contributed by atoms with van der Waals surface area (Å²) in [5.74, 6) is -4.75. The van der Waals surface area contributed by atoms with Crippen molar-refractivity contribution in [1.82, 2.24) is 4.90 Å². The fourth-order valence-electron chi connectivity index (χ4n) is 3.78. The molecule has 1 aliphatic heterocycles. The lowest BCUT2D eigenvalue weighted by atomic mass is 10.1. The number of halogens is 2. The zero-order chi connectivity index (χ0) is 29.7. The Hall–Kier alpha value is -4.74. The van der Waals surface area contributed by atoms with Crippen LogP contribution in [0.15, 0.2) is 66.7 Å². The van der Waals surface area contributed by atoms with E-state index in [9.17, 15) is 28.8 Å². The molecule has 0 spiro atoms. The molecule has 0 bridgehead atoms. The maximum absolute atomic E-state index is 13.0. The number of nitrogens with one attached hydrogen (secondary N) is 2. The van der Waals surface area contributed by atoms with Gasteiger partial charge in [0.2, 0.25) is 0 Å². The Morgan fingerprint density at radius 1 is 0.732 bits per heavy atom. The molecule has 0 aromatic heterocycles. The van der Waals surface area contributed by atoms with Crippen LogP contribution < -0.4 is 10.6 Å². The Balaban J connectivity index is 1.33. The van der Waals surface area contributed by atoms with Gasteiger partial charge in [-0.25, -0.2) is 9.59 Å². The minimum Gasteiger partial charge on any atom is -0.454 e. The lowest BCUT2D eigenvalue weighted by Crippen LogP contribution is -2.44. The van der Waals surface area contributed by atoms with Gasteiger partial charge in [-0.05, 0) is 73.7 Å². The molecule has 4 amide bonds.